The van der Waals surface area contributed by atoms with Gasteiger partial charge in [0, 0.05) is 18.9 Å². The van der Waals surface area contributed by atoms with E-state index >= 15 is 0 Å². The normalized spacial score (nSPS) is 15.1. The van der Waals surface area contributed by atoms with Crippen molar-refractivity contribution in [1.29, 1.82) is 0 Å². The minimum Gasteiger partial charge on any atom is -0.369 e. The molecule has 140 valence electrons. The van der Waals surface area contributed by atoms with Gasteiger partial charge in [0.25, 0.3) is 0 Å². The van der Waals surface area contributed by atoms with Crippen LogP contribution < -0.4 is 11.2 Å². The maximum Gasteiger partial charge on any atom is 0.202 e. The summed E-state index contributed by atoms with van der Waals surface area (Å²) in [5, 5.41) is 6.77. The van der Waals surface area contributed by atoms with Crippen LogP contribution in [0.15, 0.2) is 64.8 Å². The molecule has 1 aliphatic rings. The fraction of sp³-hybridized carbons (Fsp3) is 0.211. The monoisotopic (exact) mass is 371 g/mol. The molecule has 0 atom stereocenters. The van der Waals surface area contributed by atoms with Crippen molar-refractivity contribution in [3.63, 3.8) is 0 Å². The number of nitrogens with two attached hydrogens (primary N) is 1. The van der Waals surface area contributed by atoms with Gasteiger partial charge in [-0.3, -0.25) is 9.58 Å². The number of anilines is 1. The molecule has 1 aromatic heterocycles. The van der Waals surface area contributed by atoms with E-state index in [1.54, 1.807) is 13.1 Å². The Bertz CT molecular complexity index is 1040. The topological polar surface area (TPSA) is 76.5 Å². The van der Waals surface area contributed by atoms with Crippen LogP contribution in [-0.2, 0) is 11.3 Å². The number of aromatic nitrogens is 2. The molecular formula is C19H19F2N5O. The molecule has 3 rings (SSSR count). The Hall–Kier alpha value is -3.29. The molecule has 6 nitrogen and oxygen atoms in total. The lowest BCUT2D eigenvalue weighted by Gasteiger charge is -2.16. The fourth-order valence-corrected chi connectivity index (χ4v) is 2.85. The number of rotatable bonds is 5. The number of para-hydroxylation sites is 1. The summed E-state index contributed by atoms with van der Waals surface area (Å²) in [7, 11) is 1.68. The number of aldehydes is 1. The second-order valence-electron chi connectivity index (χ2n) is 6.11. The molecule has 0 fully saturated rings. The van der Waals surface area contributed by atoms with Gasteiger partial charge in [-0.05, 0) is 35.9 Å². The van der Waals surface area contributed by atoms with Crippen molar-refractivity contribution in [3.05, 3.63) is 65.2 Å². The van der Waals surface area contributed by atoms with Crippen LogP contribution in [0.2, 0.25) is 0 Å². The second-order valence-corrected chi connectivity index (χ2v) is 6.11. The highest BCUT2D eigenvalue weighted by Gasteiger charge is 2.10. The first kappa shape index (κ1) is 18.5. The van der Waals surface area contributed by atoms with Gasteiger partial charge >= 0.3 is 0 Å². The number of nitrogen functional groups attached to an aromatic ring is 1. The largest absolute Gasteiger partial charge is 0.369 e. The Kier molecular flexibility index (Phi) is 5.44. The summed E-state index contributed by atoms with van der Waals surface area (Å²) in [4.78, 5) is 15.3. The van der Waals surface area contributed by atoms with E-state index in [1.165, 1.54) is 27.8 Å². The van der Waals surface area contributed by atoms with Crippen molar-refractivity contribution in [2.75, 3.05) is 19.3 Å². The summed E-state index contributed by atoms with van der Waals surface area (Å²) in [5.74, 6) is -0.754. The molecule has 0 bridgehead atoms. The summed E-state index contributed by atoms with van der Waals surface area (Å²) in [6.45, 7) is 0.164. The fourth-order valence-electron chi connectivity index (χ4n) is 2.85. The Labute approximate surface area is 154 Å². The molecule has 2 N–H and O–H groups in total. The molecule has 1 aliphatic carbocycles. The van der Waals surface area contributed by atoms with Gasteiger partial charge in [0.2, 0.25) is 5.95 Å². The van der Waals surface area contributed by atoms with Gasteiger partial charge in [-0.2, -0.15) is 5.10 Å². The first-order valence-electron chi connectivity index (χ1n) is 8.34. The van der Waals surface area contributed by atoms with E-state index < -0.39 is 11.7 Å². The van der Waals surface area contributed by atoms with Gasteiger partial charge in [-0.1, -0.05) is 12.1 Å². The third-order valence-electron chi connectivity index (χ3n) is 4.00. The lowest BCUT2D eigenvalue weighted by atomic mass is 10.2. The summed E-state index contributed by atoms with van der Waals surface area (Å²) in [6, 6.07) is 7.27. The number of hydrogen-bond acceptors (Lipinski definition) is 5. The Balaban J connectivity index is 2.06. The average Bonchev–Trinajstić information content (AvgIpc) is 2.78. The number of carbonyl (C=O) groups is 1. The molecular weight excluding hydrogens is 352 g/mol. The van der Waals surface area contributed by atoms with E-state index in [-0.39, 0.29) is 25.5 Å². The van der Waals surface area contributed by atoms with Crippen LogP contribution in [-0.4, -0.2) is 34.4 Å². The minimum absolute atomic E-state index is 0.00899. The van der Waals surface area contributed by atoms with Crippen LogP contribution >= 0.6 is 0 Å². The number of hydrogen-bond donors (Lipinski definition) is 1. The van der Waals surface area contributed by atoms with E-state index in [0.29, 0.717) is 28.2 Å². The van der Waals surface area contributed by atoms with Crippen molar-refractivity contribution in [3.8, 4) is 0 Å². The first-order valence-corrected chi connectivity index (χ1v) is 8.34. The quantitative estimate of drug-likeness (QED) is 0.647. The predicted octanol–water partition coefficient (Wildman–Crippen LogP) is 2.60. The highest BCUT2D eigenvalue weighted by molar-refractivity contribution is 5.78. The smallest absolute Gasteiger partial charge is 0.202 e. The van der Waals surface area contributed by atoms with Crippen molar-refractivity contribution >= 4 is 23.1 Å². The molecule has 0 radical (unpaired) electrons. The van der Waals surface area contributed by atoms with Crippen LogP contribution in [0.4, 0.5) is 14.7 Å². The molecule has 0 spiro atoms. The van der Waals surface area contributed by atoms with E-state index in [0.717, 1.165) is 0 Å². The van der Waals surface area contributed by atoms with Gasteiger partial charge in [0.1, 0.15) is 17.9 Å². The highest BCUT2D eigenvalue weighted by atomic mass is 19.1. The highest BCUT2D eigenvalue weighted by Crippen LogP contribution is 2.19. The van der Waals surface area contributed by atoms with Crippen molar-refractivity contribution in [2.45, 2.75) is 13.0 Å². The number of fused-ring (bicyclic) bond motifs is 1. The summed E-state index contributed by atoms with van der Waals surface area (Å²) >= 11 is 0. The van der Waals surface area contributed by atoms with Gasteiger partial charge in [-0.15, -0.1) is 0 Å². The first-order chi connectivity index (χ1) is 13.0. The minimum atomic E-state index is -0.489. The zero-order valence-electron chi connectivity index (χ0n) is 14.8. The lowest BCUT2D eigenvalue weighted by Crippen LogP contribution is -2.30. The van der Waals surface area contributed by atoms with Gasteiger partial charge in [-0.25, -0.2) is 13.8 Å². The Morgan fingerprint density at radius 2 is 2.11 bits per heavy atom. The van der Waals surface area contributed by atoms with Crippen molar-refractivity contribution < 1.29 is 13.6 Å². The summed E-state index contributed by atoms with van der Waals surface area (Å²) in [5.41, 5.74) is 7.50. The lowest BCUT2D eigenvalue weighted by molar-refractivity contribution is -0.108. The zero-order chi connectivity index (χ0) is 19.4. The molecule has 2 aromatic rings. The Morgan fingerprint density at radius 1 is 1.33 bits per heavy atom. The summed E-state index contributed by atoms with van der Waals surface area (Å²) in [6.07, 6.45) is 4.39. The van der Waals surface area contributed by atoms with Crippen LogP contribution in [0.5, 0.6) is 0 Å². The SMILES string of the molecule is CN(CC1=CC(F)=CCC(F)=C1)/N=c1/c2ccccc2nc(N)n1CC=O. The van der Waals surface area contributed by atoms with Crippen LogP contribution in [0.3, 0.4) is 0 Å². The summed E-state index contributed by atoms with van der Waals surface area (Å²) < 4.78 is 28.8. The van der Waals surface area contributed by atoms with Crippen LogP contribution in [0.1, 0.15) is 6.42 Å². The molecule has 0 saturated heterocycles. The number of nitrogens with zero attached hydrogens (tertiary/aromatic N) is 4. The van der Waals surface area contributed by atoms with Crippen LogP contribution in [0, 0.1) is 0 Å². The molecule has 1 aromatic carbocycles. The second kappa shape index (κ2) is 7.94. The molecule has 0 amide bonds. The number of likely N-dealkylation sites (N-methyl/N-ethyl adjacent to an activating group) is 1. The number of halogens is 2. The third-order valence-corrected chi connectivity index (χ3v) is 4.00. The molecule has 8 heteroatoms. The van der Waals surface area contributed by atoms with E-state index in [1.807, 2.05) is 18.2 Å². The standard InChI is InChI=1S/C19H19F2N5O/c1-25(12-13-10-14(20)6-7-15(21)11-13)24-18-16-4-2-3-5-17(16)23-19(22)26(18)8-9-27/h2-6,9-11H,7-8,12H2,1H3,(H2,22,23)/b24-18-. The molecule has 0 saturated carbocycles. The molecule has 1 heterocycles. The van der Waals surface area contributed by atoms with E-state index in [2.05, 4.69) is 10.1 Å². The maximum atomic E-state index is 13.7. The predicted molar refractivity (Wildman–Crippen MR) is 99.5 cm³/mol. The maximum absolute atomic E-state index is 13.7. The van der Waals surface area contributed by atoms with E-state index in [9.17, 15) is 13.6 Å². The van der Waals surface area contributed by atoms with Gasteiger partial charge in [0.15, 0.2) is 5.49 Å². The number of benzene rings is 1. The van der Waals surface area contributed by atoms with Gasteiger partial charge < -0.3 is 10.5 Å². The molecule has 0 unspecified atom stereocenters. The van der Waals surface area contributed by atoms with Crippen molar-refractivity contribution in [1.82, 2.24) is 14.6 Å². The zero-order valence-corrected chi connectivity index (χ0v) is 14.8. The third kappa shape index (κ3) is 4.28. The number of allylic oxidation sites excluding steroid dienone is 4. The van der Waals surface area contributed by atoms with Crippen LogP contribution in [0.25, 0.3) is 10.9 Å². The van der Waals surface area contributed by atoms with Gasteiger partial charge in [0.05, 0.1) is 18.6 Å². The molecule has 27 heavy (non-hydrogen) atoms. The average molecular weight is 371 g/mol. The number of carbonyl (C=O) groups excluding carboxylic acids is 1. The van der Waals surface area contributed by atoms with Crippen molar-refractivity contribution in [2.24, 2.45) is 5.10 Å². The van der Waals surface area contributed by atoms with E-state index in [4.69, 9.17) is 5.73 Å². The molecule has 0 aliphatic heterocycles. The Morgan fingerprint density at radius 3 is 2.89 bits per heavy atom.